The first-order chi connectivity index (χ1) is 13.7. The van der Waals surface area contributed by atoms with Crippen LogP contribution in [0.5, 0.6) is 0 Å². The molecule has 28 heavy (non-hydrogen) atoms. The monoisotopic (exact) mass is 415 g/mol. The van der Waals surface area contributed by atoms with E-state index in [0.717, 1.165) is 25.8 Å². The molecule has 0 radical (unpaired) electrons. The van der Waals surface area contributed by atoms with Crippen LogP contribution in [0.25, 0.3) is 20.9 Å². The first-order valence-electron chi connectivity index (χ1n) is 8.60. The van der Waals surface area contributed by atoms with Crippen molar-refractivity contribution in [1.29, 1.82) is 0 Å². The second-order valence-corrected chi connectivity index (χ2v) is 8.01. The summed E-state index contributed by atoms with van der Waals surface area (Å²) in [5.41, 5.74) is 7.91. The highest BCUT2D eigenvalue weighted by molar-refractivity contribution is 7.98. The minimum atomic E-state index is -0.245. The number of nitrogens with two attached hydrogens (primary N) is 1. The molecule has 3 heterocycles. The number of ether oxygens (including phenoxy) is 1. The van der Waals surface area contributed by atoms with Gasteiger partial charge >= 0.3 is 0 Å². The van der Waals surface area contributed by atoms with Crippen LogP contribution in [0.3, 0.4) is 0 Å². The van der Waals surface area contributed by atoms with E-state index in [-0.39, 0.29) is 5.82 Å². The van der Waals surface area contributed by atoms with Crippen LogP contribution in [0.15, 0.2) is 47.8 Å². The van der Waals surface area contributed by atoms with Gasteiger partial charge in [0.2, 0.25) is 0 Å². The lowest BCUT2D eigenvalue weighted by molar-refractivity contribution is 0.185. The predicted octanol–water partition coefficient (Wildman–Crippen LogP) is 4.21. The van der Waals surface area contributed by atoms with E-state index in [9.17, 15) is 4.39 Å². The standard InChI is InChI=1S/C19H18FN5OS2/c1-26-9-8-25-17(16-15(21)14-6-3-7-22-18(14)28-16)23-24-19(25)27-11-12-4-2-5-13(20)10-12/h2-7,10H,8-9,11,21H2,1H3. The van der Waals surface area contributed by atoms with E-state index in [2.05, 4.69) is 15.2 Å². The number of nitrogens with zero attached hydrogens (tertiary/aromatic N) is 4. The summed E-state index contributed by atoms with van der Waals surface area (Å²) >= 11 is 3.00. The highest BCUT2D eigenvalue weighted by atomic mass is 32.2. The molecule has 0 spiro atoms. The number of thiophene rings is 1. The number of halogens is 1. The Labute approximate surface area is 169 Å². The van der Waals surface area contributed by atoms with Crippen LogP contribution in [0.2, 0.25) is 0 Å². The summed E-state index contributed by atoms with van der Waals surface area (Å²) in [5.74, 6) is 1.04. The zero-order valence-electron chi connectivity index (χ0n) is 15.1. The molecule has 0 aliphatic heterocycles. The molecule has 4 rings (SSSR count). The molecule has 0 fully saturated rings. The second-order valence-electron chi connectivity index (χ2n) is 6.07. The number of methoxy groups -OCH3 is 1. The quantitative estimate of drug-likeness (QED) is 0.456. The summed E-state index contributed by atoms with van der Waals surface area (Å²) in [6, 6.07) is 10.4. The van der Waals surface area contributed by atoms with Crippen molar-refractivity contribution in [1.82, 2.24) is 19.7 Å². The Balaban J connectivity index is 1.68. The zero-order chi connectivity index (χ0) is 19.5. The summed E-state index contributed by atoms with van der Waals surface area (Å²) in [5, 5.41) is 10.4. The topological polar surface area (TPSA) is 78.8 Å². The predicted molar refractivity (Wildman–Crippen MR) is 111 cm³/mol. The number of hydrogen-bond donors (Lipinski definition) is 1. The Kier molecular flexibility index (Phi) is 5.56. The van der Waals surface area contributed by atoms with Crippen molar-refractivity contribution in [2.75, 3.05) is 19.5 Å². The smallest absolute Gasteiger partial charge is 0.191 e. The number of nitrogen functional groups attached to an aromatic ring is 1. The average Bonchev–Trinajstić information content (AvgIpc) is 3.25. The zero-order valence-corrected chi connectivity index (χ0v) is 16.8. The Hall–Kier alpha value is -2.49. The lowest BCUT2D eigenvalue weighted by atomic mass is 10.2. The van der Waals surface area contributed by atoms with Gasteiger partial charge in [-0.05, 0) is 29.8 Å². The van der Waals surface area contributed by atoms with Gasteiger partial charge in [-0.2, -0.15) is 0 Å². The van der Waals surface area contributed by atoms with Gasteiger partial charge in [-0.15, -0.1) is 21.5 Å². The first kappa shape index (κ1) is 18.9. The summed E-state index contributed by atoms with van der Waals surface area (Å²) in [7, 11) is 1.65. The fourth-order valence-electron chi connectivity index (χ4n) is 2.84. The summed E-state index contributed by atoms with van der Waals surface area (Å²) in [4.78, 5) is 6.10. The highest BCUT2D eigenvalue weighted by Crippen LogP contribution is 2.40. The SMILES string of the molecule is COCCn1c(SCc2cccc(F)c2)nnc1-c1sc2ncccc2c1N. The minimum Gasteiger partial charge on any atom is -0.397 e. The number of fused-ring (bicyclic) bond motifs is 1. The molecule has 6 nitrogen and oxygen atoms in total. The van der Waals surface area contributed by atoms with Crippen LogP contribution in [0.4, 0.5) is 10.1 Å². The first-order valence-corrected chi connectivity index (χ1v) is 10.4. The molecule has 0 unspecified atom stereocenters. The van der Waals surface area contributed by atoms with Gasteiger partial charge in [0.05, 0.1) is 23.7 Å². The van der Waals surface area contributed by atoms with Crippen molar-refractivity contribution >= 4 is 39.0 Å². The van der Waals surface area contributed by atoms with Crippen LogP contribution in [0.1, 0.15) is 5.56 Å². The Morgan fingerprint density at radius 3 is 2.93 bits per heavy atom. The third-order valence-electron chi connectivity index (χ3n) is 4.20. The molecule has 0 aliphatic rings. The number of anilines is 1. The van der Waals surface area contributed by atoms with Crippen LogP contribution in [-0.4, -0.2) is 33.5 Å². The lowest BCUT2D eigenvalue weighted by Crippen LogP contribution is -2.07. The maximum absolute atomic E-state index is 13.4. The molecule has 144 valence electrons. The van der Waals surface area contributed by atoms with Crippen molar-refractivity contribution in [3.63, 3.8) is 0 Å². The molecule has 0 aliphatic carbocycles. The number of hydrogen-bond acceptors (Lipinski definition) is 7. The normalized spacial score (nSPS) is 11.4. The largest absolute Gasteiger partial charge is 0.397 e. The molecule has 0 amide bonds. The van der Waals surface area contributed by atoms with E-state index >= 15 is 0 Å². The van der Waals surface area contributed by atoms with E-state index < -0.39 is 0 Å². The second kappa shape index (κ2) is 8.26. The molecule has 0 saturated carbocycles. The molecule has 3 aromatic heterocycles. The molecule has 0 atom stereocenters. The van der Waals surface area contributed by atoms with E-state index in [0.29, 0.717) is 30.4 Å². The summed E-state index contributed by atoms with van der Waals surface area (Å²) in [6.45, 7) is 1.10. The molecule has 1 aromatic carbocycles. The van der Waals surface area contributed by atoms with Crippen LogP contribution < -0.4 is 5.73 Å². The van der Waals surface area contributed by atoms with Crippen molar-refractivity contribution in [3.8, 4) is 10.7 Å². The van der Waals surface area contributed by atoms with Crippen molar-refractivity contribution in [2.45, 2.75) is 17.5 Å². The Morgan fingerprint density at radius 1 is 1.25 bits per heavy atom. The van der Waals surface area contributed by atoms with Gasteiger partial charge in [-0.1, -0.05) is 23.9 Å². The van der Waals surface area contributed by atoms with Crippen molar-refractivity contribution < 1.29 is 9.13 Å². The van der Waals surface area contributed by atoms with Gasteiger partial charge in [-0.3, -0.25) is 4.57 Å². The van der Waals surface area contributed by atoms with E-state index in [1.165, 1.54) is 35.2 Å². The number of benzene rings is 1. The third-order valence-corrected chi connectivity index (χ3v) is 6.36. The number of pyridine rings is 1. The molecule has 0 bridgehead atoms. The highest BCUT2D eigenvalue weighted by Gasteiger charge is 2.20. The van der Waals surface area contributed by atoms with Crippen LogP contribution in [-0.2, 0) is 17.0 Å². The van der Waals surface area contributed by atoms with E-state index in [1.54, 1.807) is 19.4 Å². The van der Waals surface area contributed by atoms with Crippen molar-refractivity contribution in [2.24, 2.45) is 0 Å². The van der Waals surface area contributed by atoms with Crippen LogP contribution in [0, 0.1) is 5.82 Å². The average molecular weight is 416 g/mol. The molecular formula is C19H18FN5OS2. The summed E-state index contributed by atoms with van der Waals surface area (Å²) in [6.07, 6.45) is 1.75. The van der Waals surface area contributed by atoms with Crippen molar-refractivity contribution in [3.05, 3.63) is 54.0 Å². The van der Waals surface area contributed by atoms with E-state index in [4.69, 9.17) is 10.5 Å². The molecule has 9 heteroatoms. The number of aromatic nitrogens is 4. The molecule has 0 saturated heterocycles. The molecule has 2 N–H and O–H groups in total. The Bertz CT molecular complexity index is 1110. The Morgan fingerprint density at radius 2 is 2.14 bits per heavy atom. The van der Waals surface area contributed by atoms with E-state index in [1.807, 2.05) is 22.8 Å². The van der Waals surface area contributed by atoms with Crippen LogP contribution >= 0.6 is 23.1 Å². The van der Waals surface area contributed by atoms with Gasteiger partial charge < -0.3 is 10.5 Å². The number of thioether (sulfide) groups is 1. The minimum absolute atomic E-state index is 0.245. The molecule has 4 aromatic rings. The molecular weight excluding hydrogens is 397 g/mol. The van der Waals surface area contributed by atoms with Gasteiger partial charge in [0, 0.05) is 24.4 Å². The summed E-state index contributed by atoms with van der Waals surface area (Å²) < 4.78 is 20.7. The van der Waals surface area contributed by atoms with Gasteiger partial charge in [0.25, 0.3) is 0 Å². The number of rotatable bonds is 7. The maximum atomic E-state index is 13.4. The fraction of sp³-hybridized carbons (Fsp3) is 0.211. The fourth-order valence-corrected chi connectivity index (χ4v) is 4.80. The third kappa shape index (κ3) is 3.73. The van der Waals surface area contributed by atoms with Gasteiger partial charge in [-0.25, -0.2) is 9.37 Å². The van der Waals surface area contributed by atoms with Gasteiger partial charge in [0.1, 0.15) is 10.6 Å². The van der Waals surface area contributed by atoms with Gasteiger partial charge in [0.15, 0.2) is 11.0 Å². The maximum Gasteiger partial charge on any atom is 0.191 e. The lowest BCUT2D eigenvalue weighted by Gasteiger charge is -2.09.